The Hall–Kier alpha value is -5.04. The standard InChI is InChI=1S/C62H86FN3O8/c1-3-5-6-7-8-9-10-11-12-20-37-64-61(70)73-51-34-35-56-54(42-51)59-52(28-19-22-39-68)49(27-18-21-38-67)41-53-55(65-72-45-48-25-14-13-15-26-48)43-57(62(74-56,60(53)59)71-40-4-2)66(44-47-29-32-50(63)33-30-47)58(69)36-31-46-23-16-17-24-46/h4,13-15,25-26,29-30,32-35,41-42,46,49,52,57,59-60,67-68H,2-3,5-12,16-24,27-28,31,36-40,43-45H2,1H3,(H,64,70)/t49-,52+,57-,59+,60+,62+/m0/s1. The third-order valence-corrected chi connectivity index (χ3v) is 16.1. The molecule has 3 N–H and O–H groups in total. The highest BCUT2D eigenvalue weighted by Gasteiger charge is 2.65. The van der Waals surface area contributed by atoms with Gasteiger partial charge in [0, 0.05) is 50.6 Å². The Balaban J connectivity index is 1.29. The highest BCUT2D eigenvalue weighted by Crippen LogP contribution is 2.62. The Morgan fingerprint density at radius 1 is 0.851 bits per heavy atom. The summed E-state index contributed by atoms with van der Waals surface area (Å²) in [4.78, 5) is 37.0. The van der Waals surface area contributed by atoms with Crippen LogP contribution in [-0.2, 0) is 27.5 Å². The summed E-state index contributed by atoms with van der Waals surface area (Å²) in [6.45, 7) is 7.55. The van der Waals surface area contributed by atoms with Crippen LogP contribution in [0.4, 0.5) is 9.18 Å². The molecule has 6 atom stereocenters. The summed E-state index contributed by atoms with van der Waals surface area (Å²) >= 11 is 0. The number of carbonyl (C=O) groups excluding carboxylic acids is 2. The van der Waals surface area contributed by atoms with Crippen molar-refractivity contribution in [1.29, 1.82) is 0 Å². The maximum absolute atomic E-state index is 15.3. The third-order valence-electron chi connectivity index (χ3n) is 16.1. The van der Waals surface area contributed by atoms with Gasteiger partial charge in [-0.15, -0.1) is 6.58 Å². The summed E-state index contributed by atoms with van der Waals surface area (Å²) in [5, 5.41) is 28.2. The van der Waals surface area contributed by atoms with Gasteiger partial charge in [-0.05, 0) is 103 Å². The van der Waals surface area contributed by atoms with Gasteiger partial charge >= 0.3 is 6.09 Å². The summed E-state index contributed by atoms with van der Waals surface area (Å²) in [7, 11) is 0. The Bertz CT molecular complexity index is 2250. The molecule has 11 nitrogen and oxygen atoms in total. The van der Waals surface area contributed by atoms with Crippen molar-refractivity contribution in [2.75, 3.05) is 26.4 Å². The molecule has 2 fully saturated rings. The van der Waals surface area contributed by atoms with Crippen molar-refractivity contribution >= 4 is 17.7 Å². The fourth-order valence-corrected chi connectivity index (χ4v) is 12.3. The highest BCUT2D eigenvalue weighted by molar-refractivity contribution is 6.03. The van der Waals surface area contributed by atoms with Crippen LogP contribution in [0.3, 0.4) is 0 Å². The molecular formula is C62H86FN3O8. The molecule has 404 valence electrons. The van der Waals surface area contributed by atoms with Crippen LogP contribution in [0.2, 0.25) is 0 Å². The molecule has 3 aliphatic carbocycles. The topological polar surface area (TPSA) is 139 Å². The van der Waals surface area contributed by atoms with Crippen molar-refractivity contribution < 1.29 is 43.2 Å². The number of benzene rings is 3. The number of halogens is 1. The number of aliphatic hydroxyl groups excluding tert-OH is 2. The molecule has 1 heterocycles. The van der Waals surface area contributed by atoms with Gasteiger partial charge in [0.2, 0.25) is 11.7 Å². The summed E-state index contributed by atoms with van der Waals surface area (Å²) in [5.74, 6) is -1.27. The molecule has 0 spiro atoms. The van der Waals surface area contributed by atoms with Crippen molar-refractivity contribution in [1.82, 2.24) is 10.2 Å². The second kappa shape index (κ2) is 29.9. The van der Waals surface area contributed by atoms with Gasteiger partial charge in [-0.25, -0.2) is 9.18 Å². The molecule has 0 bridgehead atoms. The third kappa shape index (κ3) is 15.5. The van der Waals surface area contributed by atoms with E-state index in [1.165, 1.54) is 69.9 Å². The number of amides is 2. The average Bonchev–Trinajstić information content (AvgIpc) is 3.94. The van der Waals surface area contributed by atoms with Crippen LogP contribution in [0, 0.1) is 29.5 Å². The summed E-state index contributed by atoms with van der Waals surface area (Å²) < 4.78 is 35.3. The van der Waals surface area contributed by atoms with E-state index in [2.05, 4.69) is 24.9 Å². The van der Waals surface area contributed by atoms with Gasteiger partial charge < -0.3 is 39.5 Å². The van der Waals surface area contributed by atoms with E-state index in [0.717, 1.165) is 86.5 Å². The van der Waals surface area contributed by atoms with E-state index in [4.69, 9.17) is 24.2 Å². The number of unbranched alkanes of at least 4 members (excludes halogenated alkanes) is 11. The molecule has 3 aromatic carbocycles. The van der Waals surface area contributed by atoms with E-state index >= 15 is 4.79 Å². The average molecular weight is 1020 g/mol. The van der Waals surface area contributed by atoms with Crippen molar-refractivity contribution in [2.45, 2.75) is 186 Å². The summed E-state index contributed by atoms with van der Waals surface area (Å²) in [5.41, 5.74) is 4.21. The van der Waals surface area contributed by atoms with Gasteiger partial charge in [0.15, 0.2) is 0 Å². The van der Waals surface area contributed by atoms with Crippen LogP contribution >= 0.6 is 0 Å². The number of hydrogen-bond donors (Lipinski definition) is 3. The molecule has 0 aromatic heterocycles. The molecule has 12 heteroatoms. The molecule has 0 saturated heterocycles. The van der Waals surface area contributed by atoms with E-state index in [1.54, 1.807) is 24.3 Å². The fraction of sp³-hybridized carbons (Fsp3) is 0.597. The predicted molar refractivity (Wildman–Crippen MR) is 290 cm³/mol. The number of fused-ring (bicyclic) bond motifs is 2. The van der Waals surface area contributed by atoms with Crippen LogP contribution < -0.4 is 14.8 Å². The van der Waals surface area contributed by atoms with Crippen LogP contribution in [0.1, 0.15) is 177 Å². The molecule has 4 aliphatic rings. The zero-order chi connectivity index (χ0) is 52.0. The summed E-state index contributed by atoms with van der Waals surface area (Å²) in [6, 6.07) is 21.1. The van der Waals surface area contributed by atoms with E-state index in [-0.39, 0.29) is 68.9 Å². The largest absolute Gasteiger partial charge is 0.459 e. The first-order valence-electron chi connectivity index (χ1n) is 28.5. The molecule has 7 rings (SSSR count). The van der Waals surface area contributed by atoms with Crippen LogP contribution in [-0.4, -0.2) is 71.0 Å². The first kappa shape index (κ1) is 56.7. The summed E-state index contributed by atoms with van der Waals surface area (Å²) in [6.07, 6.45) is 25.9. The highest BCUT2D eigenvalue weighted by atomic mass is 19.1. The monoisotopic (exact) mass is 1020 g/mol. The SMILES string of the molecule is C=CCO[C@@]12Oc3ccc(OC(=O)NCCCCCCCCCCCC)cc3[C@H]3[C@H](CCCCO)[C@@H](CCCCO)C=C(C(=NOCc4ccccc4)C[C@@H]1N(Cc1ccc(F)cc1)C(=O)CCC1CCCC1)[C@H]32. The van der Waals surface area contributed by atoms with Crippen molar-refractivity contribution in [3.63, 3.8) is 0 Å². The van der Waals surface area contributed by atoms with E-state index in [1.807, 2.05) is 47.4 Å². The molecule has 1 aliphatic heterocycles. The molecular weight excluding hydrogens is 934 g/mol. The van der Waals surface area contributed by atoms with Crippen molar-refractivity contribution in [3.8, 4) is 11.5 Å². The lowest BCUT2D eigenvalue weighted by Crippen LogP contribution is -2.70. The Morgan fingerprint density at radius 3 is 2.26 bits per heavy atom. The number of hydrogen-bond acceptors (Lipinski definition) is 9. The zero-order valence-corrected chi connectivity index (χ0v) is 44.4. The van der Waals surface area contributed by atoms with Gasteiger partial charge in [-0.3, -0.25) is 4.79 Å². The lowest BCUT2D eigenvalue weighted by atomic mass is 9.55. The maximum atomic E-state index is 15.3. The van der Waals surface area contributed by atoms with Gasteiger partial charge in [0.25, 0.3) is 0 Å². The minimum absolute atomic E-state index is 0.0161. The number of rotatable bonds is 32. The van der Waals surface area contributed by atoms with Crippen LogP contribution in [0.15, 0.2) is 102 Å². The lowest BCUT2D eigenvalue weighted by Gasteiger charge is -2.60. The van der Waals surface area contributed by atoms with E-state index < -0.39 is 23.8 Å². The Labute approximate surface area is 441 Å². The van der Waals surface area contributed by atoms with Crippen molar-refractivity contribution in [2.24, 2.45) is 28.8 Å². The predicted octanol–water partition coefficient (Wildman–Crippen LogP) is 13.7. The number of nitrogens with zero attached hydrogens (tertiary/aromatic N) is 2. The minimum Gasteiger partial charge on any atom is -0.459 e. The van der Waals surface area contributed by atoms with Gasteiger partial charge in [0.05, 0.1) is 18.2 Å². The fourth-order valence-electron chi connectivity index (χ4n) is 12.3. The molecule has 0 radical (unpaired) electrons. The maximum Gasteiger partial charge on any atom is 0.412 e. The number of allylic oxidation sites excluding steroid dienone is 1. The second-order valence-corrected chi connectivity index (χ2v) is 21.4. The zero-order valence-electron chi connectivity index (χ0n) is 44.4. The van der Waals surface area contributed by atoms with Gasteiger partial charge in [0.1, 0.15) is 30.0 Å². The molecule has 0 unspecified atom stereocenters. The normalized spacial score (nSPS) is 22.6. The molecule has 74 heavy (non-hydrogen) atoms. The van der Waals surface area contributed by atoms with Gasteiger partial charge in [-0.1, -0.05) is 163 Å². The number of nitrogens with one attached hydrogen (secondary N) is 1. The van der Waals surface area contributed by atoms with Crippen LogP contribution in [0.25, 0.3) is 0 Å². The quantitative estimate of drug-likeness (QED) is 0.0319. The number of carbonyl (C=O) groups is 2. The number of oxime groups is 1. The number of aliphatic hydroxyl groups is 2. The minimum atomic E-state index is -1.47. The smallest absolute Gasteiger partial charge is 0.412 e. The molecule has 2 amide bonds. The van der Waals surface area contributed by atoms with E-state index in [0.29, 0.717) is 48.9 Å². The Kier molecular flexibility index (Phi) is 22.9. The lowest BCUT2D eigenvalue weighted by molar-refractivity contribution is -0.258. The second-order valence-electron chi connectivity index (χ2n) is 21.4. The van der Waals surface area contributed by atoms with Crippen molar-refractivity contribution in [3.05, 3.63) is 120 Å². The van der Waals surface area contributed by atoms with E-state index in [9.17, 15) is 19.4 Å². The molecule has 3 aromatic rings. The first-order valence-corrected chi connectivity index (χ1v) is 28.5. The Morgan fingerprint density at radius 2 is 1.55 bits per heavy atom. The number of ether oxygens (including phenoxy) is 3. The van der Waals surface area contributed by atoms with Crippen LogP contribution in [0.5, 0.6) is 11.5 Å². The van der Waals surface area contributed by atoms with Gasteiger partial charge in [-0.2, -0.15) is 0 Å². The first-order chi connectivity index (χ1) is 36.3. The molecule has 2 saturated carbocycles.